The van der Waals surface area contributed by atoms with Gasteiger partial charge >= 0.3 is 6.09 Å². The number of amides is 5. The number of nitrogens with zero attached hydrogens (tertiary/aromatic N) is 4. The maximum atomic E-state index is 13.8. The van der Waals surface area contributed by atoms with E-state index in [-0.39, 0.29) is 49.6 Å². The lowest BCUT2D eigenvalue weighted by Gasteiger charge is -2.22. The average Bonchev–Trinajstić information content (AvgIpc) is 3.79. The first kappa shape index (κ1) is 43.7. The predicted octanol–water partition coefficient (Wildman–Crippen LogP) is 5.23. The minimum Gasteiger partial charge on any atom is -0.493 e. The number of hydrogen-bond donors (Lipinski definition) is 4. The molecule has 5 amide bonds. The Kier molecular flexibility index (Phi) is 13.9. The molecule has 2 aromatic carbocycles. The molecule has 17 heteroatoms. The third kappa shape index (κ3) is 10.1. The molecule has 0 saturated carbocycles. The number of rotatable bonds is 17. The molecule has 4 heterocycles. The molecule has 2 aromatic rings. The van der Waals surface area contributed by atoms with Crippen molar-refractivity contribution in [2.75, 3.05) is 34.0 Å². The second-order valence-corrected chi connectivity index (χ2v) is 15.1. The van der Waals surface area contributed by atoms with Crippen LogP contribution in [0.5, 0.6) is 23.0 Å². The average molecular weight is 838 g/mol. The Morgan fingerprint density at radius 1 is 0.787 bits per heavy atom. The minimum atomic E-state index is -1.33. The van der Waals surface area contributed by atoms with Gasteiger partial charge in [0.2, 0.25) is 11.8 Å². The van der Waals surface area contributed by atoms with Crippen LogP contribution in [0.25, 0.3) is 0 Å². The van der Waals surface area contributed by atoms with Gasteiger partial charge in [-0.25, -0.2) is 4.79 Å². The molecule has 322 valence electrons. The second kappa shape index (κ2) is 19.4. The van der Waals surface area contributed by atoms with Gasteiger partial charge in [0.25, 0.3) is 11.8 Å². The van der Waals surface area contributed by atoms with E-state index in [2.05, 4.69) is 25.9 Å². The van der Waals surface area contributed by atoms with Crippen molar-refractivity contribution in [3.8, 4) is 23.0 Å². The number of hydrogen-bond acceptors (Lipinski definition) is 11. The van der Waals surface area contributed by atoms with E-state index in [1.54, 1.807) is 72.6 Å². The van der Waals surface area contributed by atoms with E-state index >= 15 is 0 Å². The number of carboxylic acid groups (broad SMARTS) is 1. The summed E-state index contributed by atoms with van der Waals surface area (Å²) in [5.74, 6) is -0.104. The Labute approximate surface area is 353 Å². The fraction of sp³-hybridized carbons (Fsp3) is 0.386. The first-order chi connectivity index (χ1) is 29.3. The number of allylic oxidation sites excluding steroid dienone is 3. The van der Waals surface area contributed by atoms with Crippen molar-refractivity contribution >= 4 is 53.5 Å². The fourth-order valence-corrected chi connectivity index (χ4v) is 7.23. The molecule has 0 bridgehead atoms. The van der Waals surface area contributed by atoms with Crippen LogP contribution in [-0.4, -0.2) is 115 Å². The highest BCUT2D eigenvalue weighted by atomic mass is 16.5. The van der Waals surface area contributed by atoms with Crippen LogP contribution in [0.2, 0.25) is 0 Å². The molecule has 17 nitrogen and oxygen atoms in total. The molecule has 0 unspecified atom stereocenters. The summed E-state index contributed by atoms with van der Waals surface area (Å²) in [4.78, 5) is 76.0. The molecule has 4 aliphatic rings. The molecule has 61 heavy (non-hydrogen) atoms. The van der Waals surface area contributed by atoms with Gasteiger partial charge in [-0.2, -0.15) is 0 Å². The fourth-order valence-electron chi connectivity index (χ4n) is 7.23. The Bertz CT molecular complexity index is 2240. The lowest BCUT2D eigenvalue weighted by atomic mass is 10.0. The van der Waals surface area contributed by atoms with Gasteiger partial charge in [-0.05, 0) is 55.9 Å². The minimum absolute atomic E-state index is 0.154. The van der Waals surface area contributed by atoms with Crippen molar-refractivity contribution in [3.05, 3.63) is 83.2 Å². The molecule has 0 aromatic heterocycles. The van der Waals surface area contributed by atoms with Crippen LogP contribution < -0.4 is 34.9 Å². The number of benzene rings is 2. The Morgan fingerprint density at radius 3 is 1.79 bits per heavy atom. The monoisotopic (exact) mass is 837 g/mol. The molecule has 0 aliphatic carbocycles. The summed E-state index contributed by atoms with van der Waals surface area (Å²) in [5, 5.41) is 16.5. The highest BCUT2D eigenvalue weighted by Crippen LogP contribution is 2.40. The third-order valence-electron chi connectivity index (χ3n) is 10.4. The number of fused-ring (bicyclic) bond motifs is 4. The van der Waals surface area contributed by atoms with Crippen molar-refractivity contribution in [2.45, 2.75) is 71.1 Å². The largest absolute Gasteiger partial charge is 0.493 e. The summed E-state index contributed by atoms with van der Waals surface area (Å²) in [7, 11) is 3.02. The number of carbonyl (C=O) groups excluding carboxylic acids is 4. The SMILES string of the molecule is C/C=C/C1=CN2C(=O)c3cc(OC)c(OCCCOc4cc5c(cc4OC)C(=O)N4C=C(/C=C/CNC(=O)[C@H](C)NC(=O)[C@@H](NC(=O)O)C(C)C)C[C@H]4C=N5)cc3N=C[C@@H]2C1. The normalized spacial score (nSPS) is 18.7. The molecular weight excluding hydrogens is 787 g/mol. The van der Waals surface area contributed by atoms with Crippen LogP contribution in [0.15, 0.2) is 82.1 Å². The van der Waals surface area contributed by atoms with Crippen LogP contribution in [0, 0.1) is 5.92 Å². The van der Waals surface area contributed by atoms with E-state index in [0.29, 0.717) is 64.8 Å². The van der Waals surface area contributed by atoms with Gasteiger partial charge in [-0.3, -0.25) is 29.2 Å². The van der Waals surface area contributed by atoms with Crippen LogP contribution in [-0.2, 0) is 9.59 Å². The molecule has 0 saturated heterocycles. The van der Waals surface area contributed by atoms with Crippen LogP contribution >= 0.6 is 0 Å². The smallest absolute Gasteiger partial charge is 0.405 e. The molecule has 4 aliphatic heterocycles. The maximum Gasteiger partial charge on any atom is 0.405 e. The number of aliphatic imine (C=N–C) groups is 2. The topological polar surface area (TPSA) is 210 Å². The molecular formula is C44H51N7O10. The number of ether oxygens (including phenoxy) is 4. The van der Waals surface area contributed by atoms with Crippen LogP contribution in [0.4, 0.5) is 16.2 Å². The van der Waals surface area contributed by atoms with Crippen molar-refractivity contribution in [2.24, 2.45) is 15.9 Å². The Morgan fingerprint density at radius 2 is 1.31 bits per heavy atom. The molecule has 4 N–H and O–H groups in total. The van der Waals surface area contributed by atoms with Gasteiger partial charge in [0.15, 0.2) is 23.0 Å². The summed E-state index contributed by atoms with van der Waals surface area (Å²) in [5.41, 5.74) is 3.63. The molecule has 6 rings (SSSR count). The first-order valence-electron chi connectivity index (χ1n) is 20.0. The highest BCUT2D eigenvalue weighted by molar-refractivity contribution is 6.05. The van der Waals surface area contributed by atoms with Gasteiger partial charge in [-0.15, -0.1) is 0 Å². The third-order valence-corrected chi connectivity index (χ3v) is 10.4. The van der Waals surface area contributed by atoms with Gasteiger partial charge in [0, 0.05) is 49.9 Å². The highest BCUT2D eigenvalue weighted by Gasteiger charge is 2.34. The van der Waals surface area contributed by atoms with Crippen molar-refractivity contribution in [3.63, 3.8) is 0 Å². The lowest BCUT2D eigenvalue weighted by molar-refractivity contribution is -0.130. The Balaban J connectivity index is 1.01. The second-order valence-electron chi connectivity index (χ2n) is 15.1. The van der Waals surface area contributed by atoms with Gasteiger partial charge in [0.05, 0.1) is 62.0 Å². The summed E-state index contributed by atoms with van der Waals surface area (Å²) < 4.78 is 23.4. The van der Waals surface area contributed by atoms with Crippen molar-refractivity contribution in [1.82, 2.24) is 25.8 Å². The molecule has 0 fully saturated rings. The maximum absolute atomic E-state index is 13.8. The molecule has 0 radical (unpaired) electrons. The number of methoxy groups -OCH3 is 2. The Hall–Kier alpha value is -6.91. The zero-order valence-corrected chi connectivity index (χ0v) is 35.0. The van der Waals surface area contributed by atoms with Gasteiger partial charge in [-0.1, -0.05) is 38.2 Å². The van der Waals surface area contributed by atoms with E-state index in [4.69, 9.17) is 24.1 Å². The van der Waals surface area contributed by atoms with Crippen molar-refractivity contribution < 1.29 is 48.0 Å². The van der Waals surface area contributed by atoms with E-state index in [1.807, 2.05) is 31.4 Å². The van der Waals surface area contributed by atoms with E-state index < -0.39 is 30.0 Å². The quantitative estimate of drug-likeness (QED) is 0.153. The first-order valence-corrected chi connectivity index (χ1v) is 20.0. The number of carbonyl (C=O) groups is 5. The van der Waals surface area contributed by atoms with Crippen molar-refractivity contribution in [1.29, 1.82) is 0 Å². The predicted molar refractivity (Wildman–Crippen MR) is 228 cm³/mol. The molecule has 0 spiro atoms. The van der Waals surface area contributed by atoms with Crippen LogP contribution in [0.3, 0.4) is 0 Å². The van der Waals surface area contributed by atoms with E-state index in [1.165, 1.54) is 21.1 Å². The van der Waals surface area contributed by atoms with E-state index in [0.717, 1.165) is 11.1 Å². The zero-order chi connectivity index (χ0) is 43.8. The van der Waals surface area contributed by atoms with Gasteiger partial charge in [0.1, 0.15) is 12.1 Å². The molecule has 4 atom stereocenters. The summed E-state index contributed by atoms with van der Waals surface area (Å²) in [6, 6.07) is 4.29. The van der Waals surface area contributed by atoms with E-state index in [9.17, 15) is 24.0 Å². The van der Waals surface area contributed by atoms with Crippen LogP contribution in [0.1, 0.15) is 67.7 Å². The standard InChI is InChI=1S/C44H51N7O10/c1-7-10-27-15-29-21-46-33-19-37(35(58-5)17-31(33)42(54)50(29)23-27)60-13-9-14-61-38-20-34-32(18-36(38)59-6)43(55)51-24-28(16-30(51)22-47-34)11-8-12-45-40(52)26(4)48-41(53)39(25(2)3)49-44(56)57/h7-8,10-11,17-26,29-30,39,49H,9,12-16H2,1-6H3,(H,45,52)(H,48,53)(H,56,57)/b10-7+,11-8+/t26-,29-,30-,39-/m0/s1. The zero-order valence-electron chi connectivity index (χ0n) is 35.0. The lowest BCUT2D eigenvalue weighted by Crippen LogP contribution is -2.54. The number of nitrogens with one attached hydrogen (secondary N) is 3. The summed E-state index contributed by atoms with van der Waals surface area (Å²) in [6.45, 7) is 7.55. The summed E-state index contributed by atoms with van der Waals surface area (Å²) >= 11 is 0. The van der Waals surface area contributed by atoms with Gasteiger partial charge < -0.3 is 49.8 Å². The summed E-state index contributed by atoms with van der Waals surface area (Å²) in [6.07, 6.45) is 15.0.